The molecule has 0 spiro atoms. The summed E-state index contributed by atoms with van der Waals surface area (Å²) < 4.78 is 12.0. The molecule has 0 aliphatic heterocycles. The standard InChI is InChI=1S/C11H17NOS/c1-3-4-9-14(12,13)11-7-5-10(2)6-8-11/h5-9H,3-4H2,1-2H3,(H2,12,13). The molecule has 1 unspecified atom stereocenters. The van der Waals surface area contributed by atoms with Crippen LogP contribution in [-0.2, 0) is 9.71 Å². The molecule has 2 N–H and O–H groups in total. The lowest BCUT2D eigenvalue weighted by Crippen LogP contribution is -2.15. The van der Waals surface area contributed by atoms with E-state index in [1.54, 1.807) is 5.37 Å². The molecule has 0 aromatic heterocycles. The van der Waals surface area contributed by atoms with E-state index in [9.17, 15) is 4.21 Å². The Bertz CT molecular complexity index is 400. The van der Waals surface area contributed by atoms with Gasteiger partial charge in [-0.15, -0.1) is 0 Å². The Labute approximate surface area is 86.3 Å². The van der Waals surface area contributed by atoms with Gasteiger partial charge in [0.25, 0.3) is 0 Å². The summed E-state index contributed by atoms with van der Waals surface area (Å²) in [5.41, 5.74) is 1.15. The third kappa shape index (κ3) is 2.86. The minimum atomic E-state index is -2.41. The summed E-state index contributed by atoms with van der Waals surface area (Å²) in [6.07, 6.45) is 1.77. The van der Waals surface area contributed by atoms with Crippen LogP contribution in [0.1, 0.15) is 25.3 Å². The van der Waals surface area contributed by atoms with E-state index in [0.717, 1.165) is 23.3 Å². The van der Waals surface area contributed by atoms with E-state index in [-0.39, 0.29) is 0 Å². The van der Waals surface area contributed by atoms with E-state index in [4.69, 9.17) is 5.14 Å². The quantitative estimate of drug-likeness (QED) is 0.765. The number of benzene rings is 1. The first-order valence-corrected chi connectivity index (χ1v) is 6.46. The van der Waals surface area contributed by atoms with Gasteiger partial charge in [-0.05, 0) is 30.8 Å². The summed E-state index contributed by atoms with van der Waals surface area (Å²) >= 11 is 0. The van der Waals surface area contributed by atoms with Crippen LogP contribution in [0.3, 0.4) is 0 Å². The maximum Gasteiger partial charge on any atom is 0.0538 e. The Hall–Kier alpha value is -0.800. The highest BCUT2D eigenvalue weighted by Crippen LogP contribution is 2.08. The molecule has 0 radical (unpaired) electrons. The van der Waals surface area contributed by atoms with Crippen molar-refractivity contribution in [1.82, 2.24) is 0 Å². The lowest BCUT2D eigenvalue weighted by Gasteiger charge is -2.05. The van der Waals surface area contributed by atoms with Crippen LogP contribution < -0.4 is 5.14 Å². The first-order chi connectivity index (χ1) is 6.56. The van der Waals surface area contributed by atoms with Crippen LogP contribution in [0.4, 0.5) is 0 Å². The summed E-state index contributed by atoms with van der Waals surface area (Å²) in [4.78, 5) is 0.719. The van der Waals surface area contributed by atoms with Crippen molar-refractivity contribution >= 4 is 15.1 Å². The van der Waals surface area contributed by atoms with Gasteiger partial charge in [0.2, 0.25) is 0 Å². The van der Waals surface area contributed by atoms with Crippen molar-refractivity contribution in [2.24, 2.45) is 5.14 Å². The predicted octanol–water partition coefficient (Wildman–Crippen LogP) is 2.11. The molecule has 0 bridgehead atoms. The van der Waals surface area contributed by atoms with Gasteiger partial charge in [0.15, 0.2) is 0 Å². The highest BCUT2D eigenvalue weighted by molar-refractivity contribution is 7.99. The number of aryl methyl sites for hydroxylation is 1. The maximum absolute atomic E-state index is 12.0. The van der Waals surface area contributed by atoms with Crippen LogP contribution in [-0.4, -0.2) is 9.58 Å². The highest BCUT2D eigenvalue weighted by atomic mass is 32.2. The van der Waals surface area contributed by atoms with Gasteiger partial charge < -0.3 is 0 Å². The molecule has 0 aliphatic rings. The fraction of sp³-hybridized carbons (Fsp3) is 0.364. The number of unbranched alkanes of at least 4 members (excludes halogenated alkanes) is 1. The molecule has 14 heavy (non-hydrogen) atoms. The van der Waals surface area contributed by atoms with Crippen molar-refractivity contribution in [2.45, 2.75) is 31.6 Å². The monoisotopic (exact) mass is 211 g/mol. The second-order valence-corrected chi connectivity index (χ2v) is 5.52. The van der Waals surface area contributed by atoms with Gasteiger partial charge in [0, 0.05) is 4.90 Å². The van der Waals surface area contributed by atoms with Gasteiger partial charge in [-0.3, -0.25) is 5.14 Å². The van der Waals surface area contributed by atoms with E-state index in [1.807, 2.05) is 38.1 Å². The first kappa shape index (κ1) is 11.3. The van der Waals surface area contributed by atoms with Gasteiger partial charge in [0.05, 0.1) is 9.71 Å². The van der Waals surface area contributed by atoms with Crippen molar-refractivity contribution in [3.63, 3.8) is 0 Å². The topological polar surface area (TPSA) is 43.1 Å². The molecule has 0 heterocycles. The van der Waals surface area contributed by atoms with Crippen LogP contribution >= 0.6 is 0 Å². The van der Waals surface area contributed by atoms with Crippen molar-refractivity contribution in [2.75, 3.05) is 0 Å². The fourth-order valence-electron chi connectivity index (χ4n) is 1.14. The van der Waals surface area contributed by atoms with Gasteiger partial charge >= 0.3 is 0 Å². The normalized spacial score (nSPS) is 14.8. The van der Waals surface area contributed by atoms with Crippen LogP contribution in [0.5, 0.6) is 0 Å². The van der Waals surface area contributed by atoms with E-state index in [1.165, 1.54) is 0 Å². The number of hydrogen-bond donors (Lipinski definition) is 1. The summed E-state index contributed by atoms with van der Waals surface area (Å²) in [5, 5.41) is 7.47. The summed E-state index contributed by atoms with van der Waals surface area (Å²) in [5.74, 6) is 0. The molecular formula is C11H17NOS. The molecule has 1 aromatic rings. The van der Waals surface area contributed by atoms with Gasteiger partial charge in [-0.1, -0.05) is 31.0 Å². The smallest absolute Gasteiger partial charge is 0.0538 e. The Kier molecular flexibility index (Phi) is 3.72. The molecule has 1 aromatic carbocycles. The molecule has 0 saturated heterocycles. The van der Waals surface area contributed by atoms with Crippen molar-refractivity contribution in [3.05, 3.63) is 29.8 Å². The molecule has 2 nitrogen and oxygen atoms in total. The average Bonchev–Trinajstić information content (AvgIpc) is 2.16. The van der Waals surface area contributed by atoms with Crippen LogP contribution in [0, 0.1) is 6.92 Å². The SMILES string of the molecule is CCCC=S(N)(=O)c1ccc(C)cc1. The van der Waals surface area contributed by atoms with Crippen molar-refractivity contribution in [3.8, 4) is 0 Å². The van der Waals surface area contributed by atoms with Gasteiger partial charge in [-0.2, -0.15) is 0 Å². The fourth-order valence-corrected chi connectivity index (χ4v) is 2.48. The molecule has 1 atom stereocenters. The number of rotatable bonds is 3. The largest absolute Gasteiger partial charge is 0.255 e. The second-order valence-electron chi connectivity index (χ2n) is 3.42. The van der Waals surface area contributed by atoms with E-state index >= 15 is 0 Å². The molecular weight excluding hydrogens is 194 g/mol. The Morgan fingerprint density at radius 1 is 1.36 bits per heavy atom. The summed E-state index contributed by atoms with van der Waals surface area (Å²) in [6.45, 7) is 4.04. The zero-order valence-electron chi connectivity index (χ0n) is 8.69. The average molecular weight is 211 g/mol. The third-order valence-corrected chi connectivity index (χ3v) is 3.78. The van der Waals surface area contributed by atoms with E-state index in [2.05, 4.69) is 0 Å². The molecule has 0 amide bonds. The van der Waals surface area contributed by atoms with Crippen LogP contribution in [0.25, 0.3) is 0 Å². The lowest BCUT2D eigenvalue weighted by atomic mass is 10.2. The van der Waals surface area contributed by atoms with Crippen LogP contribution in [0.2, 0.25) is 0 Å². The van der Waals surface area contributed by atoms with Crippen molar-refractivity contribution < 1.29 is 4.21 Å². The Morgan fingerprint density at radius 2 is 1.93 bits per heavy atom. The number of hydrogen-bond acceptors (Lipinski definition) is 1. The lowest BCUT2D eigenvalue weighted by molar-refractivity contribution is 0.682. The van der Waals surface area contributed by atoms with Crippen LogP contribution in [0.15, 0.2) is 29.2 Å². The third-order valence-electron chi connectivity index (χ3n) is 2.04. The minimum absolute atomic E-state index is 0.719. The Morgan fingerprint density at radius 3 is 2.43 bits per heavy atom. The zero-order chi connectivity index (χ0) is 10.6. The summed E-state index contributed by atoms with van der Waals surface area (Å²) in [6, 6.07) is 7.54. The molecule has 3 heteroatoms. The predicted molar refractivity (Wildman–Crippen MR) is 62.7 cm³/mol. The Balaban J connectivity index is 3.04. The van der Waals surface area contributed by atoms with E-state index in [0.29, 0.717) is 0 Å². The molecule has 1 rings (SSSR count). The second kappa shape index (κ2) is 4.62. The maximum atomic E-state index is 12.0. The molecule has 0 fully saturated rings. The molecule has 0 saturated carbocycles. The minimum Gasteiger partial charge on any atom is -0.255 e. The van der Waals surface area contributed by atoms with Crippen molar-refractivity contribution in [1.29, 1.82) is 0 Å². The summed E-state index contributed by atoms with van der Waals surface area (Å²) in [7, 11) is -2.41. The van der Waals surface area contributed by atoms with Gasteiger partial charge in [0.1, 0.15) is 0 Å². The van der Waals surface area contributed by atoms with Gasteiger partial charge in [-0.25, -0.2) is 4.21 Å². The van der Waals surface area contributed by atoms with E-state index < -0.39 is 9.71 Å². The molecule has 0 aliphatic carbocycles. The highest BCUT2D eigenvalue weighted by Gasteiger charge is 2.02. The number of nitrogens with two attached hydrogens (primary N) is 1. The first-order valence-electron chi connectivity index (χ1n) is 4.78. The zero-order valence-corrected chi connectivity index (χ0v) is 9.51. The molecule has 78 valence electrons.